The number of nitrogens with zero attached hydrogens (tertiary/aromatic N) is 1. The highest BCUT2D eigenvalue weighted by Crippen LogP contribution is 2.33. The summed E-state index contributed by atoms with van der Waals surface area (Å²) in [7, 11) is 1.54. The number of esters is 1. The Morgan fingerprint density at radius 3 is 2.62 bits per heavy atom. The van der Waals surface area contributed by atoms with Crippen LogP contribution in [0.4, 0.5) is 5.00 Å². The average molecular weight is 414 g/mol. The van der Waals surface area contributed by atoms with E-state index in [0.717, 1.165) is 16.9 Å². The van der Waals surface area contributed by atoms with E-state index in [1.807, 2.05) is 13.0 Å². The summed E-state index contributed by atoms with van der Waals surface area (Å²) < 4.78 is 15.8. The maximum atomic E-state index is 12.3. The molecule has 0 radical (unpaired) electrons. The minimum atomic E-state index is -0.510. The Kier molecular flexibility index (Phi) is 7.80. The van der Waals surface area contributed by atoms with Crippen molar-refractivity contribution in [2.24, 2.45) is 0 Å². The molecule has 0 atom stereocenters. The van der Waals surface area contributed by atoms with E-state index in [-0.39, 0.29) is 12.2 Å². The summed E-state index contributed by atoms with van der Waals surface area (Å²) >= 11 is 1.02. The number of carbonyl (C=O) groups is 2. The fourth-order valence-corrected chi connectivity index (χ4v) is 3.57. The van der Waals surface area contributed by atoms with Crippen LogP contribution in [-0.4, -0.2) is 32.2 Å². The van der Waals surface area contributed by atoms with Crippen LogP contribution in [0.2, 0.25) is 0 Å². The van der Waals surface area contributed by atoms with Crippen LogP contribution in [0.1, 0.15) is 40.2 Å². The van der Waals surface area contributed by atoms with Crippen LogP contribution in [0, 0.1) is 18.3 Å². The topological polar surface area (TPSA) is 97.7 Å². The van der Waals surface area contributed by atoms with Gasteiger partial charge in [-0.25, -0.2) is 4.79 Å². The molecule has 0 aliphatic rings. The number of rotatable bonds is 8. The number of thiophene rings is 1. The number of ether oxygens (including phenoxy) is 3. The number of nitriles is 1. The summed E-state index contributed by atoms with van der Waals surface area (Å²) in [5.41, 5.74) is 1.49. The van der Waals surface area contributed by atoms with Gasteiger partial charge in [0, 0.05) is 6.08 Å². The molecule has 0 unspecified atom stereocenters. The Bertz CT molecular complexity index is 972. The highest BCUT2D eigenvalue weighted by Gasteiger charge is 2.21. The third-order valence-electron chi connectivity index (χ3n) is 3.87. The molecule has 1 heterocycles. The minimum absolute atomic E-state index is 0.230. The molecule has 0 fully saturated rings. The van der Waals surface area contributed by atoms with Crippen LogP contribution in [0.5, 0.6) is 11.5 Å². The van der Waals surface area contributed by atoms with E-state index in [1.165, 1.54) is 6.08 Å². The Balaban J connectivity index is 2.18. The molecule has 7 nitrogen and oxygen atoms in total. The normalized spacial score (nSPS) is 10.4. The standard InChI is InChI=1S/C21H22N2O5S/c1-5-27-16-9-7-14(11-17(16)26-4)8-10-18(24)23-20-15(12-22)13(3)19(29-20)21(25)28-6-2/h7-11H,5-6H2,1-4H3,(H,23,24). The number of nitrogens with one attached hydrogen (secondary N) is 1. The van der Waals surface area contributed by atoms with E-state index in [2.05, 4.69) is 5.32 Å². The maximum Gasteiger partial charge on any atom is 0.348 e. The van der Waals surface area contributed by atoms with Crippen molar-refractivity contribution in [1.29, 1.82) is 5.26 Å². The van der Waals surface area contributed by atoms with Crippen molar-refractivity contribution < 1.29 is 23.8 Å². The first-order valence-electron chi connectivity index (χ1n) is 8.95. The fourth-order valence-electron chi connectivity index (χ4n) is 2.52. The van der Waals surface area contributed by atoms with Gasteiger partial charge < -0.3 is 19.5 Å². The van der Waals surface area contributed by atoms with E-state index in [0.29, 0.717) is 33.5 Å². The van der Waals surface area contributed by atoms with Gasteiger partial charge in [-0.15, -0.1) is 11.3 Å². The van der Waals surface area contributed by atoms with Crippen LogP contribution in [0.3, 0.4) is 0 Å². The zero-order valence-electron chi connectivity index (χ0n) is 16.7. The molecule has 29 heavy (non-hydrogen) atoms. The van der Waals surface area contributed by atoms with Crippen LogP contribution in [0.25, 0.3) is 6.08 Å². The third-order valence-corrected chi connectivity index (χ3v) is 5.06. The molecular formula is C21H22N2O5S. The summed E-state index contributed by atoms with van der Waals surface area (Å²) in [5.74, 6) is 0.250. The zero-order chi connectivity index (χ0) is 21.4. The number of anilines is 1. The van der Waals surface area contributed by atoms with Gasteiger partial charge >= 0.3 is 5.97 Å². The first kappa shape index (κ1) is 22.0. The summed E-state index contributed by atoms with van der Waals surface area (Å²) in [6, 6.07) is 7.34. The zero-order valence-corrected chi connectivity index (χ0v) is 17.5. The van der Waals surface area contributed by atoms with Crippen molar-refractivity contribution in [2.45, 2.75) is 20.8 Å². The number of amides is 1. The van der Waals surface area contributed by atoms with Crippen LogP contribution in [0.15, 0.2) is 24.3 Å². The van der Waals surface area contributed by atoms with Crippen molar-refractivity contribution in [3.8, 4) is 17.6 Å². The van der Waals surface area contributed by atoms with Crippen molar-refractivity contribution >= 4 is 34.3 Å². The lowest BCUT2D eigenvalue weighted by Gasteiger charge is -2.09. The van der Waals surface area contributed by atoms with Crippen molar-refractivity contribution in [2.75, 3.05) is 25.6 Å². The second-order valence-electron chi connectivity index (χ2n) is 5.76. The number of methoxy groups -OCH3 is 1. The molecule has 1 aromatic heterocycles. The number of hydrogen-bond acceptors (Lipinski definition) is 7. The lowest BCUT2D eigenvalue weighted by atomic mass is 10.1. The number of carbonyl (C=O) groups excluding carboxylic acids is 2. The van der Waals surface area contributed by atoms with Gasteiger partial charge in [0.2, 0.25) is 5.91 Å². The van der Waals surface area contributed by atoms with Crippen LogP contribution in [-0.2, 0) is 9.53 Å². The number of hydrogen-bond donors (Lipinski definition) is 1. The minimum Gasteiger partial charge on any atom is -0.493 e. The maximum absolute atomic E-state index is 12.3. The number of benzene rings is 1. The molecule has 0 saturated carbocycles. The monoisotopic (exact) mass is 414 g/mol. The Morgan fingerprint density at radius 1 is 1.24 bits per heavy atom. The van der Waals surface area contributed by atoms with Gasteiger partial charge in [0.1, 0.15) is 15.9 Å². The van der Waals surface area contributed by atoms with E-state index in [4.69, 9.17) is 14.2 Å². The molecule has 0 bridgehead atoms. The first-order valence-corrected chi connectivity index (χ1v) is 9.77. The molecular weight excluding hydrogens is 392 g/mol. The third kappa shape index (κ3) is 5.36. The van der Waals surface area contributed by atoms with Crippen molar-refractivity contribution in [3.63, 3.8) is 0 Å². The van der Waals surface area contributed by atoms with Gasteiger partial charge in [-0.05, 0) is 50.1 Å². The van der Waals surface area contributed by atoms with Gasteiger partial charge in [0.05, 0.1) is 25.9 Å². The second kappa shape index (κ2) is 10.3. The molecule has 0 aliphatic heterocycles. The van der Waals surface area contributed by atoms with E-state index < -0.39 is 11.9 Å². The molecule has 1 N–H and O–H groups in total. The highest BCUT2D eigenvalue weighted by atomic mass is 32.1. The molecule has 1 amide bonds. The molecule has 8 heteroatoms. The summed E-state index contributed by atoms with van der Waals surface area (Å²) in [4.78, 5) is 24.6. The largest absolute Gasteiger partial charge is 0.493 e. The van der Waals surface area contributed by atoms with Crippen LogP contribution < -0.4 is 14.8 Å². The van der Waals surface area contributed by atoms with Gasteiger partial charge in [-0.3, -0.25) is 4.79 Å². The van der Waals surface area contributed by atoms with Crippen LogP contribution >= 0.6 is 11.3 Å². The Morgan fingerprint density at radius 2 is 2.00 bits per heavy atom. The summed E-state index contributed by atoms with van der Waals surface area (Å²) in [5, 5.41) is 12.4. The average Bonchev–Trinajstić information content (AvgIpc) is 3.02. The Hall–Kier alpha value is -3.31. The molecule has 2 rings (SSSR count). The predicted molar refractivity (Wildman–Crippen MR) is 112 cm³/mol. The highest BCUT2D eigenvalue weighted by molar-refractivity contribution is 7.18. The summed E-state index contributed by atoms with van der Waals surface area (Å²) in [6.07, 6.45) is 2.96. The molecule has 0 saturated heterocycles. The Labute approximate surface area is 173 Å². The van der Waals surface area contributed by atoms with Gasteiger partial charge in [0.15, 0.2) is 11.5 Å². The van der Waals surface area contributed by atoms with Gasteiger partial charge in [0.25, 0.3) is 0 Å². The predicted octanol–water partition coefficient (Wildman–Crippen LogP) is 4.16. The fraction of sp³-hybridized carbons (Fsp3) is 0.286. The lowest BCUT2D eigenvalue weighted by Crippen LogP contribution is -2.07. The first-order chi connectivity index (χ1) is 13.9. The molecule has 0 spiro atoms. The van der Waals surface area contributed by atoms with Crippen molar-refractivity contribution in [1.82, 2.24) is 0 Å². The SMILES string of the molecule is CCOC(=O)c1sc(NC(=O)C=Cc2ccc(OCC)c(OC)c2)c(C#N)c1C. The van der Waals surface area contributed by atoms with E-state index >= 15 is 0 Å². The summed E-state index contributed by atoms with van der Waals surface area (Å²) in [6.45, 7) is 5.98. The molecule has 2 aromatic rings. The molecule has 1 aromatic carbocycles. The van der Waals surface area contributed by atoms with E-state index in [1.54, 1.807) is 45.2 Å². The smallest absolute Gasteiger partial charge is 0.348 e. The van der Waals surface area contributed by atoms with Gasteiger partial charge in [-0.2, -0.15) is 5.26 Å². The van der Waals surface area contributed by atoms with E-state index in [9.17, 15) is 14.9 Å². The molecule has 0 aliphatic carbocycles. The second-order valence-corrected chi connectivity index (χ2v) is 6.78. The van der Waals surface area contributed by atoms with Gasteiger partial charge in [-0.1, -0.05) is 6.07 Å². The lowest BCUT2D eigenvalue weighted by molar-refractivity contribution is -0.111. The molecule has 152 valence electrons. The quantitative estimate of drug-likeness (QED) is 0.514. The van der Waals surface area contributed by atoms with Crippen molar-refractivity contribution in [3.05, 3.63) is 45.8 Å².